The van der Waals surface area contributed by atoms with E-state index in [1.165, 1.54) is 25.1 Å². The third-order valence-electron chi connectivity index (χ3n) is 25.0. The molecule has 3 atom stereocenters. The van der Waals surface area contributed by atoms with Crippen LogP contribution in [0.25, 0.3) is 56.3 Å². The van der Waals surface area contributed by atoms with E-state index in [1.807, 2.05) is 43.9 Å². The van der Waals surface area contributed by atoms with E-state index >= 15 is 0 Å². The van der Waals surface area contributed by atoms with Crippen LogP contribution >= 0.6 is 11.6 Å². The van der Waals surface area contributed by atoms with Gasteiger partial charge in [-0.15, -0.1) is 0 Å². The number of nitrogens with zero attached hydrogens (tertiary/aromatic N) is 20. The number of fused-ring (bicyclic) bond motifs is 1. The number of halogens is 1. The molecule has 45 heteroatoms. The standard InChI is InChI=1S/C23H24N4O4S.C22H22N4O4S.C20H19ClN4O3S.2C18H22N4O4S/c1-16-24-14-17(15-25-16)20-12-18(13-23(26-20)27-7-10-30-11-8-27)32(28,29)22-6-9-31-21-5-3-2-4-19(21)22;1-16(27)11-21-23-14-17(15-24-21)20-12-19(31(28,29)18-5-3-2-4-6-18)13-22(25-20)26-7-9-30-10-8-26;1-14-22-12-15(13-23-14)18-10-16(11-20(24-18)25-6-8-28-9-7-25)29(26,27)19-5-3-2-4-17(19)21;2*1-13-19-10-14(11-20-13)17-8-16(27(23,24)15-2-5-26-12-15)9-18(21-17)22-3-6-25-7-4-22/h2-5,12-15,22H,6-11H2,1H3;2-6,12-15H,7-11H2,1H3;2-5,10-13H,6-9H2,1H3;2*8-11,15H,2-7,12H2,1H3/t;;;2*15-/m...10/s1. The number of Topliss-reactive ketones (excluding diaryl/α,β-unsaturated/α-hetero) is 1. The van der Waals surface area contributed by atoms with Crippen molar-refractivity contribution in [2.24, 2.45) is 0 Å². The van der Waals surface area contributed by atoms with Crippen LogP contribution in [0.1, 0.15) is 66.1 Å². The number of ether oxygens (including phenoxy) is 8. The number of hydrogen-bond acceptors (Lipinski definition) is 39. The van der Waals surface area contributed by atoms with Crippen LogP contribution in [0, 0.1) is 27.7 Å². The molecule has 0 aliphatic carbocycles. The third kappa shape index (κ3) is 25.5. The molecule has 10 aromatic heterocycles. The SMILES string of the molecule is CC(=O)Cc1ncc(-c2cc(S(=O)(=O)c3ccccc3)cc(N3CCOCC3)n2)cn1.Cc1ncc(-c2cc(S(=O)(=O)C3CCOc4ccccc43)cc(N3CCOCC3)n2)cn1.Cc1ncc(-c2cc(S(=O)(=O)[C@@H]3CCOC3)cc(N3CCOCC3)n2)cn1.Cc1ncc(-c2cc(S(=O)(=O)[C@H]3CCOC3)cc(N3CCOCC3)n2)cn1.Cc1ncc(-c2cc(S(=O)(=O)c3ccccc3Cl)cc(N3CCOCC3)n2)cn1. The minimum Gasteiger partial charge on any atom is -0.493 e. The fraction of sp³-hybridized carbons (Fsp3) is 0.366. The first-order valence-corrected chi connectivity index (χ1v) is 55.6. The molecule has 18 heterocycles. The van der Waals surface area contributed by atoms with E-state index in [0.717, 1.165) is 0 Å². The molecule has 1 unspecified atom stereocenters. The first-order chi connectivity index (χ1) is 70.5. The van der Waals surface area contributed by atoms with Crippen LogP contribution in [0.4, 0.5) is 29.1 Å². The number of aryl methyl sites for hydroxylation is 4. The summed E-state index contributed by atoms with van der Waals surface area (Å²) in [7, 11) is -18.3. The first-order valence-electron chi connectivity index (χ1n) is 47.6. The highest BCUT2D eigenvalue weighted by atomic mass is 35.5. The molecule has 39 nitrogen and oxygen atoms in total. The number of sulfone groups is 5. The maximum Gasteiger partial charge on any atom is 0.208 e. The molecule has 0 saturated carbocycles. The van der Waals surface area contributed by atoms with Gasteiger partial charge >= 0.3 is 0 Å². The topological polar surface area (TPSA) is 471 Å². The van der Waals surface area contributed by atoms with E-state index < -0.39 is 64.9 Å². The van der Waals surface area contributed by atoms with Gasteiger partial charge in [-0.05, 0) is 138 Å². The summed E-state index contributed by atoms with van der Waals surface area (Å²) in [5.74, 6) is 6.59. The summed E-state index contributed by atoms with van der Waals surface area (Å²) in [4.78, 5) is 88.5. The lowest BCUT2D eigenvalue weighted by atomic mass is 10.1. The van der Waals surface area contributed by atoms with Gasteiger partial charge in [-0.3, -0.25) is 4.79 Å². The lowest BCUT2D eigenvalue weighted by Gasteiger charge is -2.29. The number of benzene rings is 3. The van der Waals surface area contributed by atoms with E-state index in [4.69, 9.17) is 64.4 Å². The Labute approximate surface area is 852 Å². The average molecular weight is 2100 g/mol. The van der Waals surface area contributed by atoms with Crippen LogP contribution in [0.3, 0.4) is 0 Å². The molecule has 7 fully saturated rings. The molecule has 21 rings (SSSR count). The van der Waals surface area contributed by atoms with Crippen molar-refractivity contribution in [3.8, 4) is 62.0 Å². The number of morpholine rings is 5. The average Bonchev–Trinajstić information content (AvgIpc) is 0.856. The molecule has 0 amide bonds. The minimum atomic E-state index is -3.84. The highest BCUT2D eigenvalue weighted by Gasteiger charge is 2.39. The van der Waals surface area contributed by atoms with Gasteiger partial charge in [0.25, 0.3) is 0 Å². The smallest absolute Gasteiger partial charge is 0.208 e. The molecular formula is C101H109ClN20O19S5. The number of carbonyl (C=O) groups is 1. The molecule has 0 spiro atoms. The number of pyridine rings is 5. The van der Waals surface area contributed by atoms with Crippen molar-refractivity contribution in [1.82, 2.24) is 74.8 Å². The van der Waals surface area contributed by atoms with E-state index in [9.17, 15) is 46.9 Å². The second kappa shape index (κ2) is 47.3. The van der Waals surface area contributed by atoms with Gasteiger partial charge in [0.05, 0.1) is 176 Å². The third-order valence-corrected chi connectivity index (χ3v) is 35.4. The summed E-state index contributed by atoms with van der Waals surface area (Å²) in [6, 6.07) is 38.2. The molecule has 13 aromatic rings. The Morgan fingerprint density at radius 3 is 0.959 bits per heavy atom. The van der Waals surface area contributed by atoms with Crippen molar-refractivity contribution < 1.29 is 84.8 Å². The van der Waals surface area contributed by atoms with E-state index in [1.54, 1.807) is 187 Å². The van der Waals surface area contributed by atoms with Gasteiger partial charge < -0.3 is 62.4 Å². The van der Waals surface area contributed by atoms with Gasteiger partial charge in [-0.25, -0.2) is 117 Å². The maximum atomic E-state index is 13.9. The predicted molar refractivity (Wildman–Crippen MR) is 543 cm³/mol. The Hall–Kier alpha value is -13.0. The van der Waals surface area contributed by atoms with Crippen LogP contribution in [0.2, 0.25) is 5.02 Å². The Morgan fingerprint density at radius 2 is 0.623 bits per heavy atom. The fourth-order valence-electron chi connectivity index (χ4n) is 16.9. The summed E-state index contributed by atoms with van der Waals surface area (Å²) in [5, 5.41) is -1.52. The van der Waals surface area contributed by atoms with Crippen LogP contribution in [-0.4, -0.2) is 298 Å². The highest BCUT2D eigenvalue weighted by Crippen LogP contribution is 2.43. The maximum absolute atomic E-state index is 13.9. The van der Waals surface area contributed by atoms with Gasteiger partial charge in [0.1, 0.15) is 69.7 Å². The van der Waals surface area contributed by atoms with Crippen LogP contribution in [-0.2, 0) is 93.6 Å². The zero-order chi connectivity index (χ0) is 102. The van der Waals surface area contributed by atoms with Crippen LogP contribution in [0.15, 0.2) is 236 Å². The van der Waals surface area contributed by atoms with E-state index in [-0.39, 0.29) is 64.7 Å². The summed E-state index contributed by atoms with van der Waals surface area (Å²) in [6.07, 6.45) is 18.0. The van der Waals surface area contributed by atoms with Gasteiger partial charge in [0.15, 0.2) is 29.5 Å². The molecular weight excluding hydrogens is 1990 g/mol. The molecule has 8 aliphatic heterocycles. The van der Waals surface area contributed by atoms with Crippen LogP contribution in [0.5, 0.6) is 5.75 Å². The molecule has 0 radical (unpaired) electrons. The second-order valence-electron chi connectivity index (χ2n) is 35.1. The molecule has 3 aromatic carbocycles. The van der Waals surface area contributed by atoms with Gasteiger partial charge in [-0.1, -0.05) is 60.1 Å². The Balaban J connectivity index is 0.000000125. The van der Waals surface area contributed by atoms with Crippen LogP contribution < -0.4 is 29.2 Å². The molecule has 0 N–H and O–H groups in total. The van der Waals surface area contributed by atoms with Gasteiger partial charge in [0.2, 0.25) is 19.7 Å². The number of ketones is 1. The monoisotopic (exact) mass is 2100 g/mol. The highest BCUT2D eigenvalue weighted by molar-refractivity contribution is 7.93. The number of anilines is 5. The zero-order valence-corrected chi connectivity index (χ0v) is 85.7. The van der Waals surface area contributed by atoms with Gasteiger partial charge in [-0.2, -0.15) is 0 Å². The summed E-state index contributed by atoms with van der Waals surface area (Å²) >= 11 is 6.18. The van der Waals surface area contributed by atoms with Crippen molar-refractivity contribution >= 4 is 95.7 Å². The Morgan fingerprint density at radius 1 is 0.322 bits per heavy atom. The number of para-hydroxylation sites is 1. The van der Waals surface area contributed by atoms with Crippen molar-refractivity contribution in [2.75, 3.05) is 189 Å². The Kier molecular flexibility index (Phi) is 33.8. The largest absolute Gasteiger partial charge is 0.493 e. The van der Waals surface area contributed by atoms with Crippen molar-refractivity contribution in [2.45, 2.75) is 110 Å². The number of carbonyl (C=O) groups excluding carboxylic acids is 1. The van der Waals surface area contributed by atoms with E-state index in [0.29, 0.717) is 296 Å². The van der Waals surface area contributed by atoms with Crippen molar-refractivity contribution in [1.29, 1.82) is 0 Å². The molecule has 146 heavy (non-hydrogen) atoms. The normalized spacial score (nSPS) is 17.8. The fourth-order valence-corrected chi connectivity index (χ4v) is 25.0. The Bertz CT molecular complexity index is 7210. The summed E-state index contributed by atoms with van der Waals surface area (Å²) in [6.45, 7) is 22.7. The summed E-state index contributed by atoms with van der Waals surface area (Å²) < 4.78 is 177. The molecule has 0 bridgehead atoms. The number of hydrogen-bond donors (Lipinski definition) is 0. The van der Waals surface area contributed by atoms with Crippen molar-refractivity contribution in [3.05, 3.63) is 241 Å². The lowest BCUT2D eigenvalue weighted by Crippen LogP contribution is -2.37. The molecule has 8 aliphatic rings. The summed E-state index contributed by atoms with van der Waals surface area (Å²) in [5.41, 5.74) is 6.55. The predicted octanol–water partition coefficient (Wildman–Crippen LogP) is 11.0. The second-order valence-corrected chi connectivity index (χ2v) is 46.0. The molecule has 764 valence electrons. The van der Waals surface area contributed by atoms with Crippen molar-refractivity contribution in [3.63, 3.8) is 0 Å². The van der Waals surface area contributed by atoms with E-state index in [2.05, 4.69) is 64.7 Å². The number of rotatable bonds is 22. The number of aromatic nitrogens is 15. The van der Waals surface area contributed by atoms with Gasteiger partial charge in [0, 0.05) is 180 Å². The zero-order valence-electron chi connectivity index (χ0n) is 80.9. The minimum absolute atomic E-state index is 0.0311. The quantitative estimate of drug-likeness (QED) is 0.0608. The molecule has 7 saturated heterocycles. The first kappa shape index (κ1) is 104. The lowest BCUT2D eigenvalue weighted by molar-refractivity contribution is -0.116.